The van der Waals surface area contributed by atoms with Gasteiger partial charge in [-0.2, -0.15) is 0 Å². The number of aromatic hydroxyl groups is 2. The highest BCUT2D eigenvalue weighted by Crippen LogP contribution is 2.32. The van der Waals surface area contributed by atoms with E-state index >= 15 is 0 Å². The van der Waals surface area contributed by atoms with Gasteiger partial charge in [0.15, 0.2) is 0 Å². The Bertz CT molecular complexity index is 466. The third-order valence-electron chi connectivity index (χ3n) is 2.59. The molecule has 3 rings (SSSR count). The van der Waals surface area contributed by atoms with Gasteiger partial charge in [-0.05, 0) is 35.7 Å². The molecule has 0 atom stereocenters. The lowest BCUT2D eigenvalue weighted by Gasteiger charge is -2.01. The molecule has 0 bridgehead atoms. The summed E-state index contributed by atoms with van der Waals surface area (Å²) in [7, 11) is 0. The Balaban J connectivity index is 0.000000134. The molecular formula is C14H14O2. The van der Waals surface area contributed by atoms with Crippen LogP contribution in [-0.4, -0.2) is 10.2 Å². The molecular weight excluding hydrogens is 200 g/mol. The molecule has 2 N–H and O–H groups in total. The van der Waals surface area contributed by atoms with Crippen molar-refractivity contribution in [1.29, 1.82) is 0 Å². The molecule has 0 aromatic heterocycles. The molecule has 16 heavy (non-hydrogen) atoms. The van der Waals surface area contributed by atoms with Gasteiger partial charge in [-0.1, -0.05) is 31.2 Å². The minimum absolute atomic E-state index is 0.169. The largest absolute Gasteiger partial charge is 0.508 e. The van der Waals surface area contributed by atoms with Crippen LogP contribution in [0.2, 0.25) is 0 Å². The molecule has 0 fully saturated rings. The Kier molecular flexibility index (Phi) is 2.82. The third-order valence-corrected chi connectivity index (χ3v) is 2.59. The molecule has 1 aromatic carbocycles. The molecule has 1 aromatic rings. The Labute approximate surface area is 94.8 Å². The Morgan fingerprint density at radius 1 is 0.875 bits per heavy atom. The molecule has 2 aliphatic rings. The van der Waals surface area contributed by atoms with E-state index in [0.717, 1.165) is 0 Å². The van der Waals surface area contributed by atoms with Gasteiger partial charge < -0.3 is 10.2 Å². The van der Waals surface area contributed by atoms with E-state index in [1.165, 1.54) is 11.1 Å². The predicted octanol–water partition coefficient (Wildman–Crippen LogP) is 3.33. The number of hydrogen-bond donors (Lipinski definition) is 2. The van der Waals surface area contributed by atoms with Crippen LogP contribution in [0, 0.1) is 0 Å². The van der Waals surface area contributed by atoms with Gasteiger partial charge in [0.25, 0.3) is 0 Å². The topological polar surface area (TPSA) is 40.5 Å². The van der Waals surface area contributed by atoms with Crippen LogP contribution >= 0.6 is 0 Å². The Morgan fingerprint density at radius 2 is 1.38 bits per heavy atom. The molecule has 0 spiro atoms. The van der Waals surface area contributed by atoms with Crippen molar-refractivity contribution in [2.45, 2.75) is 13.3 Å². The van der Waals surface area contributed by atoms with Crippen molar-refractivity contribution in [3.05, 3.63) is 48.0 Å². The molecule has 0 heterocycles. The maximum absolute atomic E-state index is 9.13. The summed E-state index contributed by atoms with van der Waals surface area (Å²) < 4.78 is 0. The van der Waals surface area contributed by atoms with Crippen LogP contribution < -0.4 is 0 Å². The molecule has 0 aliphatic heterocycles. The smallest absolute Gasteiger partial charge is 0.122 e. The average molecular weight is 214 g/mol. The minimum Gasteiger partial charge on any atom is -0.508 e. The monoisotopic (exact) mass is 214 g/mol. The number of hydrogen-bond acceptors (Lipinski definition) is 2. The summed E-state index contributed by atoms with van der Waals surface area (Å²) in [5, 5.41) is 18.3. The number of phenolic OH excluding ortho intramolecular Hbond substituents is 2. The summed E-state index contributed by atoms with van der Waals surface area (Å²) in [5.41, 5.74) is 3.47. The zero-order valence-corrected chi connectivity index (χ0v) is 9.14. The van der Waals surface area contributed by atoms with E-state index < -0.39 is 0 Å². The highest BCUT2D eigenvalue weighted by molar-refractivity contribution is 5.80. The van der Waals surface area contributed by atoms with Crippen LogP contribution in [0.1, 0.15) is 12.5 Å². The number of rotatable bonds is 1. The van der Waals surface area contributed by atoms with Crippen LogP contribution in [0.4, 0.5) is 0 Å². The van der Waals surface area contributed by atoms with Gasteiger partial charge in [-0.25, -0.2) is 0 Å². The lowest BCUT2D eigenvalue weighted by Crippen LogP contribution is -1.81. The van der Waals surface area contributed by atoms with Gasteiger partial charge >= 0.3 is 0 Å². The summed E-state index contributed by atoms with van der Waals surface area (Å²) in [4.78, 5) is 0. The number of phenols is 2. The zero-order chi connectivity index (χ0) is 11.5. The van der Waals surface area contributed by atoms with Crippen molar-refractivity contribution in [3.8, 4) is 22.6 Å². The standard InChI is InChI=1S/C8H10O2.C6H4/c1-2-6-7(9)4-3-5-8(6)10;1-2-5-4-6(5)3-1/h3-5,9-10H,2H2,1H3;1-4H. The molecule has 2 aliphatic carbocycles. The normalized spacial score (nSPS) is 10.3. The first-order valence-corrected chi connectivity index (χ1v) is 5.32. The maximum atomic E-state index is 9.13. The first kappa shape index (κ1) is 10.6. The van der Waals surface area contributed by atoms with Crippen LogP contribution in [0.25, 0.3) is 11.1 Å². The fraction of sp³-hybridized carbons (Fsp3) is 0.143. The van der Waals surface area contributed by atoms with Crippen molar-refractivity contribution in [3.63, 3.8) is 0 Å². The molecule has 0 radical (unpaired) electrons. The second-order valence-electron chi connectivity index (χ2n) is 3.71. The fourth-order valence-corrected chi connectivity index (χ4v) is 1.60. The fourth-order valence-electron chi connectivity index (χ4n) is 1.60. The molecule has 0 saturated heterocycles. The van der Waals surface area contributed by atoms with Gasteiger partial charge in [0.2, 0.25) is 0 Å². The van der Waals surface area contributed by atoms with E-state index in [9.17, 15) is 0 Å². The summed E-state index contributed by atoms with van der Waals surface area (Å²) in [6, 6.07) is 13.2. The lowest BCUT2D eigenvalue weighted by molar-refractivity contribution is 0.439. The van der Waals surface area contributed by atoms with Crippen molar-refractivity contribution < 1.29 is 10.2 Å². The third kappa shape index (κ3) is 2.16. The zero-order valence-electron chi connectivity index (χ0n) is 9.14. The second-order valence-corrected chi connectivity index (χ2v) is 3.71. The molecule has 2 heteroatoms. The summed E-state index contributed by atoms with van der Waals surface area (Å²) in [6.07, 6.45) is 0.651. The predicted molar refractivity (Wildman–Crippen MR) is 64.6 cm³/mol. The van der Waals surface area contributed by atoms with Crippen LogP contribution in [0.5, 0.6) is 11.5 Å². The lowest BCUT2D eigenvalue weighted by atomic mass is 10.1. The van der Waals surface area contributed by atoms with Crippen molar-refractivity contribution >= 4 is 0 Å². The summed E-state index contributed by atoms with van der Waals surface area (Å²) in [6.45, 7) is 1.88. The highest BCUT2D eigenvalue weighted by atomic mass is 16.3. The van der Waals surface area contributed by atoms with Crippen LogP contribution in [0.3, 0.4) is 0 Å². The molecule has 2 nitrogen and oxygen atoms in total. The Morgan fingerprint density at radius 3 is 1.62 bits per heavy atom. The van der Waals surface area contributed by atoms with Gasteiger partial charge in [0.1, 0.15) is 11.5 Å². The quantitative estimate of drug-likeness (QED) is 0.652. The highest BCUT2D eigenvalue weighted by Gasteiger charge is 2.07. The first-order chi connectivity index (χ1) is 7.72. The van der Waals surface area contributed by atoms with Crippen molar-refractivity contribution in [2.75, 3.05) is 0 Å². The summed E-state index contributed by atoms with van der Waals surface area (Å²) >= 11 is 0. The molecule has 82 valence electrons. The van der Waals surface area contributed by atoms with E-state index in [2.05, 4.69) is 24.3 Å². The van der Waals surface area contributed by atoms with E-state index in [4.69, 9.17) is 10.2 Å². The first-order valence-electron chi connectivity index (χ1n) is 5.32. The molecule has 0 saturated carbocycles. The average Bonchev–Trinajstić information content (AvgIpc) is 2.87. The van der Waals surface area contributed by atoms with Gasteiger partial charge in [0.05, 0.1) is 0 Å². The van der Waals surface area contributed by atoms with Gasteiger partial charge in [-0.3, -0.25) is 0 Å². The Hall–Kier alpha value is -1.96. The number of benzene rings is 2. The van der Waals surface area contributed by atoms with Gasteiger partial charge in [-0.15, -0.1) is 0 Å². The maximum Gasteiger partial charge on any atom is 0.122 e. The van der Waals surface area contributed by atoms with E-state index in [1.807, 2.05) is 6.92 Å². The minimum atomic E-state index is 0.169. The van der Waals surface area contributed by atoms with E-state index in [1.54, 1.807) is 18.2 Å². The van der Waals surface area contributed by atoms with Crippen molar-refractivity contribution in [2.24, 2.45) is 0 Å². The molecule has 0 amide bonds. The second kappa shape index (κ2) is 4.27. The van der Waals surface area contributed by atoms with Crippen LogP contribution in [0.15, 0.2) is 42.5 Å². The summed E-state index contributed by atoms with van der Waals surface area (Å²) in [5.74, 6) is 0.338. The SMILES string of the molecule is CCc1c(O)cccc1O.c1cc2cc-2c1. The van der Waals surface area contributed by atoms with Crippen molar-refractivity contribution in [1.82, 2.24) is 0 Å². The van der Waals surface area contributed by atoms with E-state index in [-0.39, 0.29) is 11.5 Å². The van der Waals surface area contributed by atoms with Crippen LogP contribution in [-0.2, 0) is 6.42 Å². The van der Waals surface area contributed by atoms with Gasteiger partial charge in [0, 0.05) is 5.56 Å². The van der Waals surface area contributed by atoms with E-state index in [0.29, 0.717) is 12.0 Å². The molecule has 0 unspecified atom stereocenters. The number of fused-ring (bicyclic) bond motifs is 1.